The highest BCUT2D eigenvalue weighted by Crippen LogP contribution is 2.31. The Hall–Kier alpha value is -2.17. The molecule has 0 bridgehead atoms. The molecular weight excluding hydrogens is 298 g/mol. The Bertz CT molecular complexity index is 684. The van der Waals surface area contributed by atoms with Crippen molar-refractivity contribution in [2.45, 2.75) is 12.5 Å². The van der Waals surface area contributed by atoms with Gasteiger partial charge >= 0.3 is 0 Å². The van der Waals surface area contributed by atoms with E-state index in [2.05, 4.69) is 35.2 Å². The number of para-hydroxylation sites is 1. The molecule has 1 unspecified atom stereocenters. The van der Waals surface area contributed by atoms with Gasteiger partial charge in [0.15, 0.2) is 0 Å². The lowest BCUT2D eigenvalue weighted by Crippen LogP contribution is -2.25. The molecule has 1 fully saturated rings. The zero-order chi connectivity index (χ0) is 16.8. The SMILES string of the molecule is COCCN1CCC(=NC(c2ccccc2)c2ccccc2N)C1. The van der Waals surface area contributed by atoms with Crippen LogP contribution in [0.1, 0.15) is 23.6 Å². The van der Waals surface area contributed by atoms with Gasteiger partial charge in [-0.25, -0.2) is 0 Å². The minimum absolute atomic E-state index is 0.0372. The van der Waals surface area contributed by atoms with Crippen LogP contribution in [0.4, 0.5) is 5.69 Å². The number of ether oxygens (including phenoxy) is 1. The molecule has 1 saturated heterocycles. The Morgan fingerprint density at radius 1 is 1.12 bits per heavy atom. The second-order valence-electron chi connectivity index (χ2n) is 6.16. The highest BCUT2D eigenvalue weighted by atomic mass is 16.5. The van der Waals surface area contributed by atoms with Gasteiger partial charge < -0.3 is 10.5 Å². The Kier molecular flexibility index (Phi) is 5.62. The highest BCUT2D eigenvalue weighted by Gasteiger charge is 2.21. The predicted molar refractivity (Wildman–Crippen MR) is 99.5 cm³/mol. The third kappa shape index (κ3) is 4.02. The van der Waals surface area contributed by atoms with Crippen LogP contribution >= 0.6 is 0 Å². The number of nitrogens with zero attached hydrogens (tertiary/aromatic N) is 2. The third-order valence-corrected chi connectivity index (χ3v) is 4.45. The quantitative estimate of drug-likeness (QED) is 0.831. The minimum Gasteiger partial charge on any atom is -0.398 e. The van der Waals surface area contributed by atoms with Crippen LogP contribution in [0.3, 0.4) is 0 Å². The number of benzene rings is 2. The molecule has 1 aliphatic rings. The first-order valence-electron chi connectivity index (χ1n) is 8.44. The predicted octanol–water partition coefficient (Wildman–Crippen LogP) is 3.15. The summed E-state index contributed by atoms with van der Waals surface area (Å²) in [7, 11) is 1.74. The van der Waals surface area contributed by atoms with E-state index >= 15 is 0 Å². The van der Waals surface area contributed by atoms with Crippen molar-refractivity contribution in [3.8, 4) is 0 Å². The van der Waals surface area contributed by atoms with Crippen molar-refractivity contribution in [3.63, 3.8) is 0 Å². The Balaban J connectivity index is 1.87. The summed E-state index contributed by atoms with van der Waals surface area (Å²) in [5.41, 5.74) is 10.5. The first-order chi connectivity index (χ1) is 11.8. The van der Waals surface area contributed by atoms with Gasteiger partial charge in [-0.15, -0.1) is 0 Å². The van der Waals surface area contributed by atoms with Crippen LogP contribution in [-0.4, -0.2) is 44.0 Å². The first kappa shape index (κ1) is 16.7. The van der Waals surface area contributed by atoms with Crippen LogP contribution < -0.4 is 5.73 Å². The summed E-state index contributed by atoms with van der Waals surface area (Å²) < 4.78 is 5.18. The summed E-state index contributed by atoms with van der Waals surface area (Å²) in [5, 5.41) is 0. The van der Waals surface area contributed by atoms with Gasteiger partial charge in [0.2, 0.25) is 0 Å². The normalized spacial score (nSPS) is 18.1. The molecule has 1 heterocycles. The molecule has 4 heteroatoms. The van der Waals surface area contributed by atoms with Crippen LogP contribution in [-0.2, 0) is 4.74 Å². The molecule has 2 N–H and O–H groups in total. The lowest BCUT2D eigenvalue weighted by Gasteiger charge is -2.17. The molecular formula is C20H25N3O. The molecule has 3 rings (SSSR count). The summed E-state index contributed by atoms with van der Waals surface area (Å²) in [6, 6.07) is 18.4. The van der Waals surface area contributed by atoms with Gasteiger partial charge in [-0.2, -0.15) is 0 Å². The Morgan fingerprint density at radius 3 is 2.62 bits per heavy atom. The van der Waals surface area contributed by atoms with E-state index in [1.807, 2.05) is 24.3 Å². The van der Waals surface area contributed by atoms with Crippen molar-refractivity contribution in [1.82, 2.24) is 4.90 Å². The maximum Gasteiger partial charge on any atom is 0.102 e. The van der Waals surface area contributed by atoms with E-state index in [9.17, 15) is 0 Å². The van der Waals surface area contributed by atoms with Crippen molar-refractivity contribution < 1.29 is 4.74 Å². The van der Waals surface area contributed by atoms with Crippen molar-refractivity contribution >= 4 is 11.4 Å². The molecule has 1 atom stereocenters. The standard InChI is InChI=1S/C20H25N3O/c1-24-14-13-23-12-11-17(15-23)22-20(16-7-3-2-4-8-16)18-9-5-6-10-19(18)21/h2-10,20H,11-15,21H2,1H3. The largest absolute Gasteiger partial charge is 0.398 e. The van der Waals surface area contributed by atoms with E-state index in [-0.39, 0.29) is 6.04 Å². The molecule has 0 amide bonds. The lowest BCUT2D eigenvalue weighted by molar-refractivity contribution is 0.163. The molecule has 126 valence electrons. The summed E-state index contributed by atoms with van der Waals surface area (Å²) in [6.07, 6.45) is 1.01. The van der Waals surface area contributed by atoms with Crippen LogP contribution in [0.5, 0.6) is 0 Å². The van der Waals surface area contributed by atoms with Gasteiger partial charge in [0.05, 0.1) is 6.61 Å². The summed E-state index contributed by atoms with van der Waals surface area (Å²) in [6.45, 7) is 3.69. The fourth-order valence-corrected chi connectivity index (χ4v) is 3.12. The van der Waals surface area contributed by atoms with E-state index in [0.29, 0.717) is 0 Å². The Morgan fingerprint density at radius 2 is 1.88 bits per heavy atom. The van der Waals surface area contributed by atoms with Crippen LogP contribution in [0.15, 0.2) is 59.6 Å². The molecule has 24 heavy (non-hydrogen) atoms. The Labute approximate surface area is 144 Å². The second kappa shape index (κ2) is 8.08. The minimum atomic E-state index is -0.0372. The van der Waals surface area contributed by atoms with Crippen LogP contribution in [0.25, 0.3) is 0 Å². The maximum atomic E-state index is 6.23. The number of hydrogen-bond acceptors (Lipinski definition) is 4. The van der Waals surface area contributed by atoms with E-state index in [4.69, 9.17) is 15.5 Å². The number of hydrogen-bond donors (Lipinski definition) is 1. The number of aliphatic imine (C=N–C) groups is 1. The fraction of sp³-hybridized carbons (Fsp3) is 0.350. The number of likely N-dealkylation sites (tertiary alicyclic amines) is 1. The van der Waals surface area contributed by atoms with E-state index < -0.39 is 0 Å². The summed E-state index contributed by atoms with van der Waals surface area (Å²) in [5.74, 6) is 0. The number of nitrogen functional groups attached to an aromatic ring is 1. The second-order valence-corrected chi connectivity index (χ2v) is 6.16. The molecule has 0 aliphatic carbocycles. The highest BCUT2D eigenvalue weighted by molar-refractivity contribution is 5.88. The molecule has 0 radical (unpaired) electrons. The van der Waals surface area contributed by atoms with E-state index in [1.165, 1.54) is 11.3 Å². The number of rotatable bonds is 6. The van der Waals surface area contributed by atoms with Gasteiger partial charge in [0.25, 0.3) is 0 Å². The zero-order valence-corrected chi connectivity index (χ0v) is 14.2. The smallest absolute Gasteiger partial charge is 0.102 e. The van der Waals surface area contributed by atoms with Crippen molar-refractivity contribution in [3.05, 3.63) is 65.7 Å². The van der Waals surface area contributed by atoms with Gasteiger partial charge in [0.1, 0.15) is 6.04 Å². The third-order valence-electron chi connectivity index (χ3n) is 4.45. The van der Waals surface area contributed by atoms with Gasteiger partial charge in [-0.1, -0.05) is 48.5 Å². The van der Waals surface area contributed by atoms with Gasteiger partial charge in [-0.05, 0) is 18.1 Å². The molecule has 2 aromatic rings. The van der Waals surface area contributed by atoms with Crippen LogP contribution in [0, 0.1) is 0 Å². The number of methoxy groups -OCH3 is 1. The molecule has 0 spiro atoms. The molecule has 0 aromatic heterocycles. The van der Waals surface area contributed by atoms with Crippen molar-refractivity contribution in [1.29, 1.82) is 0 Å². The topological polar surface area (TPSA) is 50.8 Å². The van der Waals surface area contributed by atoms with Gasteiger partial charge in [0, 0.05) is 43.7 Å². The molecule has 4 nitrogen and oxygen atoms in total. The van der Waals surface area contributed by atoms with E-state index in [1.54, 1.807) is 7.11 Å². The molecule has 1 aliphatic heterocycles. The number of nitrogens with two attached hydrogens (primary N) is 1. The average Bonchev–Trinajstić information content (AvgIpc) is 3.07. The fourth-order valence-electron chi connectivity index (χ4n) is 3.12. The molecule has 2 aromatic carbocycles. The van der Waals surface area contributed by atoms with Crippen molar-refractivity contribution in [2.24, 2.45) is 4.99 Å². The maximum absolute atomic E-state index is 6.23. The lowest BCUT2D eigenvalue weighted by atomic mass is 9.97. The average molecular weight is 323 g/mol. The summed E-state index contributed by atoms with van der Waals surface area (Å²) >= 11 is 0. The number of anilines is 1. The van der Waals surface area contributed by atoms with Gasteiger partial charge in [-0.3, -0.25) is 9.89 Å². The van der Waals surface area contributed by atoms with Crippen LogP contribution in [0.2, 0.25) is 0 Å². The summed E-state index contributed by atoms with van der Waals surface area (Å²) in [4.78, 5) is 7.48. The zero-order valence-electron chi connectivity index (χ0n) is 14.2. The van der Waals surface area contributed by atoms with Crippen molar-refractivity contribution in [2.75, 3.05) is 39.1 Å². The molecule has 0 saturated carbocycles. The van der Waals surface area contributed by atoms with E-state index in [0.717, 1.165) is 43.9 Å². The monoisotopic (exact) mass is 323 g/mol. The first-order valence-corrected chi connectivity index (χ1v) is 8.44.